The lowest BCUT2D eigenvalue weighted by Crippen LogP contribution is -2.61. The number of nitrogens with zero attached hydrogens (tertiary/aromatic N) is 3. The van der Waals surface area contributed by atoms with Gasteiger partial charge in [0.05, 0.1) is 16.5 Å². The molecule has 4 aliphatic rings. The van der Waals surface area contributed by atoms with Crippen LogP contribution in [0.25, 0.3) is 0 Å². The molecule has 2 aromatic rings. The van der Waals surface area contributed by atoms with Gasteiger partial charge in [-0.2, -0.15) is 18.3 Å². The van der Waals surface area contributed by atoms with Crippen molar-refractivity contribution in [1.82, 2.24) is 20.1 Å². The SMILES string of the molecule is O=C(NCc1cccc(C(F)(F)F)c1)C12C[C@H]3C[C@H](C1)CC(n1cncn1)(C3)C2. The van der Waals surface area contributed by atoms with Crippen LogP contribution in [0, 0.1) is 17.3 Å². The first-order chi connectivity index (χ1) is 13.8. The highest BCUT2D eigenvalue weighted by molar-refractivity contribution is 5.83. The fourth-order valence-corrected chi connectivity index (χ4v) is 6.43. The van der Waals surface area contributed by atoms with E-state index in [1.165, 1.54) is 6.07 Å². The Morgan fingerprint density at radius 3 is 2.62 bits per heavy atom. The zero-order chi connectivity index (χ0) is 20.3. The molecule has 0 unspecified atom stereocenters. The predicted octanol–water partition coefficient (Wildman–Crippen LogP) is 3.91. The molecule has 1 N–H and O–H groups in total. The second-order valence-electron chi connectivity index (χ2n) is 9.19. The van der Waals surface area contributed by atoms with E-state index in [1.807, 2.05) is 4.68 Å². The first-order valence-corrected chi connectivity index (χ1v) is 10.1. The van der Waals surface area contributed by atoms with Crippen molar-refractivity contribution >= 4 is 5.91 Å². The summed E-state index contributed by atoms with van der Waals surface area (Å²) in [5.74, 6) is 0.938. The van der Waals surface area contributed by atoms with E-state index in [1.54, 1.807) is 18.7 Å². The van der Waals surface area contributed by atoms with E-state index in [2.05, 4.69) is 15.4 Å². The van der Waals surface area contributed by atoms with Gasteiger partial charge in [-0.15, -0.1) is 0 Å². The number of halogens is 3. The number of benzene rings is 1. The van der Waals surface area contributed by atoms with Crippen LogP contribution < -0.4 is 5.32 Å². The van der Waals surface area contributed by atoms with Crippen LogP contribution in [0.2, 0.25) is 0 Å². The Morgan fingerprint density at radius 2 is 1.97 bits per heavy atom. The molecule has 4 saturated carbocycles. The molecule has 4 bridgehead atoms. The normalized spacial score (nSPS) is 33.1. The van der Waals surface area contributed by atoms with E-state index < -0.39 is 17.2 Å². The Bertz CT molecular complexity index is 910. The van der Waals surface area contributed by atoms with Gasteiger partial charge in [-0.25, -0.2) is 9.67 Å². The average molecular weight is 404 g/mol. The standard InChI is InChI=1S/C21H23F3N4O/c22-21(23,24)17-3-1-2-14(5-17)10-26-18(29)19-6-15-4-16(7-19)9-20(8-15,11-19)28-13-25-12-27-28/h1-3,5,12-13,15-16H,4,6-11H2,(H,26,29)/t15-,16-,19?,20?/m1/s1. The Balaban J connectivity index is 1.35. The van der Waals surface area contributed by atoms with E-state index in [4.69, 9.17) is 0 Å². The average Bonchev–Trinajstić information content (AvgIpc) is 3.20. The molecule has 1 amide bonds. The second kappa shape index (κ2) is 6.31. The Labute approximate surface area is 166 Å². The van der Waals surface area contributed by atoms with Crippen molar-refractivity contribution in [1.29, 1.82) is 0 Å². The minimum Gasteiger partial charge on any atom is -0.352 e. The van der Waals surface area contributed by atoms with Crippen molar-refractivity contribution in [3.63, 3.8) is 0 Å². The Hall–Kier alpha value is -2.38. The zero-order valence-electron chi connectivity index (χ0n) is 16.0. The molecule has 1 heterocycles. The van der Waals surface area contributed by atoms with Crippen LogP contribution in [0.5, 0.6) is 0 Å². The van der Waals surface area contributed by atoms with Crippen LogP contribution in [0.15, 0.2) is 36.9 Å². The number of alkyl halides is 3. The molecule has 29 heavy (non-hydrogen) atoms. The van der Waals surface area contributed by atoms with Crippen LogP contribution in [-0.4, -0.2) is 20.7 Å². The molecular formula is C21H23F3N4O. The van der Waals surface area contributed by atoms with Gasteiger partial charge in [0.2, 0.25) is 5.91 Å². The van der Waals surface area contributed by atoms with Gasteiger partial charge in [0.15, 0.2) is 0 Å². The maximum atomic E-state index is 13.3. The van der Waals surface area contributed by atoms with Crippen molar-refractivity contribution in [2.24, 2.45) is 17.3 Å². The molecule has 4 aliphatic carbocycles. The summed E-state index contributed by atoms with van der Waals surface area (Å²) in [6.07, 6.45) is 4.54. The third-order valence-corrected chi connectivity index (χ3v) is 7.12. The number of hydrogen-bond acceptors (Lipinski definition) is 3. The molecule has 0 aliphatic heterocycles. The van der Waals surface area contributed by atoms with Gasteiger partial charge in [0.25, 0.3) is 0 Å². The molecule has 154 valence electrons. The molecule has 1 aromatic heterocycles. The number of rotatable bonds is 4. The van der Waals surface area contributed by atoms with Crippen LogP contribution in [-0.2, 0) is 23.1 Å². The third kappa shape index (κ3) is 3.13. The fraction of sp³-hybridized carbons (Fsp3) is 0.571. The number of nitrogens with one attached hydrogen (secondary N) is 1. The molecule has 4 fully saturated rings. The lowest BCUT2D eigenvalue weighted by Gasteiger charge is -2.60. The molecule has 1 aromatic carbocycles. The Morgan fingerprint density at radius 1 is 1.21 bits per heavy atom. The van der Waals surface area contributed by atoms with Crippen molar-refractivity contribution in [3.8, 4) is 0 Å². The number of hydrogen-bond donors (Lipinski definition) is 1. The first kappa shape index (κ1) is 18.6. The monoisotopic (exact) mass is 404 g/mol. The molecule has 6 rings (SSSR count). The van der Waals surface area contributed by atoms with Crippen molar-refractivity contribution in [3.05, 3.63) is 48.0 Å². The number of amides is 1. The van der Waals surface area contributed by atoms with Gasteiger partial charge in [0.1, 0.15) is 12.7 Å². The van der Waals surface area contributed by atoms with Gasteiger partial charge >= 0.3 is 6.18 Å². The summed E-state index contributed by atoms with van der Waals surface area (Å²) in [4.78, 5) is 17.4. The topological polar surface area (TPSA) is 59.8 Å². The van der Waals surface area contributed by atoms with Crippen LogP contribution in [0.1, 0.15) is 49.7 Å². The van der Waals surface area contributed by atoms with E-state index in [9.17, 15) is 18.0 Å². The van der Waals surface area contributed by atoms with E-state index in [0.717, 1.165) is 50.7 Å². The highest BCUT2D eigenvalue weighted by atomic mass is 19.4. The number of carbonyl (C=O) groups is 1. The Kier molecular flexibility index (Phi) is 4.05. The largest absolute Gasteiger partial charge is 0.416 e. The van der Waals surface area contributed by atoms with Crippen LogP contribution in [0.3, 0.4) is 0 Å². The van der Waals surface area contributed by atoms with E-state index in [0.29, 0.717) is 17.4 Å². The van der Waals surface area contributed by atoms with Gasteiger partial charge in [0, 0.05) is 6.54 Å². The number of aromatic nitrogens is 3. The van der Waals surface area contributed by atoms with Crippen LogP contribution in [0.4, 0.5) is 13.2 Å². The fourth-order valence-electron chi connectivity index (χ4n) is 6.43. The van der Waals surface area contributed by atoms with Gasteiger partial charge < -0.3 is 5.32 Å². The molecule has 0 saturated heterocycles. The summed E-state index contributed by atoms with van der Waals surface area (Å²) in [5, 5.41) is 7.34. The zero-order valence-corrected chi connectivity index (χ0v) is 16.0. The van der Waals surface area contributed by atoms with E-state index >= 15 is 0 Å². The van der Waals surface area contributed by atoms with Gasteiger partial charge in [-0.3, -0.25) is 4.79 Å². The summed E-state index contributed by atoms with van der Waals surface area (Å²) >= 11 is 0. The van der Waals surface area contributed by atoms with Crippen molar-refractivity contribution < 1.29 is 18.0 Å². The van der Waals surface area contributed by atoms with Crippen molar-refractivity contribution in [2.45, 2.75) is 56.8 Å². The summed E-state index contributed by atoms with van der Waals surface area (Å²) in [5.41, 5.74) is -0.848. The quantitative estimate of drug-likeness (QED) is 0.841. The first-order valence-electron chi connectivity index (χ1n) is 10.1. The summed E-state index contributed by atoms with van der Waals surface area (Å²) < 4.78 is 40.8. The third-order valence-electron chi connectivity index (χ3n) is 7.12. The predicted molar refractivity (Wildman–Crippen MR) is 98.4 cm³/mol. The molecule has 0 spiro atoms. The van der Waals surface area contributed by atoms with Crippen LogP contribution >= 0.6 is 0 Å². The second-order valence-corrected chi connectivity index (χ2v) is 9.19. The molecule has 0 radical (unpaired) electrons. The summed E-state index contributed by atoms with van der Waals surface area (Å²) in [6, 6.07) is 5.16. The smallest absolute Gasteiger partial charge is 0.352 e. The molecule has 5 nitrogen and oxygen atoms in total. The minimum absolute atomic E-state index is 0.0338. The van der Waals surface area contributed by atoms with Crippen molar-refractivity contribution in [2.75, 3.05) is 0 Å². The lowest BCUT2D eigenvalue weighted by atomic mass is 9.46. The summed E-state index contributed by atoms with van der Waals surface area (Å²) in [7, 11) is 0. The highest BCUT2D eigenvalue weighted by Crippen LogP contribution is 2.64. The highest BCUT2D eigenvalue weighted by Gasteiger charge is 2.61. The van der Waals surface area contributed by atoms with Gasteiger partial charge in [-0.05, 0) is 68.1 Å². The number of carbonyl (C=O) groups excluding carboxylic acids is 1. The maximum absolute atomic E-state index is 13.3. The lowest BCUT2D eigenvalue weighted by molar-refractivity contribution is -0.156. The van der Waals surface area contributed by atoms with Gasteiger partial charge in [-0.1, -0.05) is 12.1 Å². The molecule has 8 heteroatoms. The minimum atomic E-state index is -4.38. The molecule has 2 atom stereocenters. The maximum Gasteiger partial charge on any atom is 0.416 e. The molecular weight excluding hydrogens is 381 g/mol. The summed E-state index contributed by atoms with van der Waals surface area (Å²) in [6.45, 7) is 0.107. The van der Waals surface area contributed by atoms with E-state index in [-0.39, 0.29) is 18.0 Å².